The maximum absolute atomic E-state index is 10.9. The lowest BCUT2D eigenvalue weighted by atomic mass is 9.48. The van der Waals surface area contributed by atoms with Gasteiger partial charge in [0, 0.05) is 0 Å². The largest absolute Gasteiger partial charge is 0.480 e. The normalized spacial score (nSPS) is 46.9. The zero-order valence-corrected chi connectivity index (χ0v) is 10.2. The lowest BCUT2D eigenvalue weighted by Crippen LogP contribution is -2.47. The van der Waals surface area contributed by atoms with Gasteiger partial charge in [0.15, 0.2) is 0 Å². The molecule has 0 aromatic rings. The average Bonchev–Trinajstić information content (AvgIpc) is 2.13. The molecule has 1 unspecified atom stereocenters. The fourth-order valence-electron chi connectivity index (χ4n) is 5.01. The molecule has 0 heterocycles. The second-order valence-electron chi connectivity index (χ2n) is 6.43. The van der Waals surface area contributed by atoms with E-state index in [1.807, 2.05) is 0 Å². The van der Waals surface area contributed by atoms with Crippen molar-refractivity contribution < 1.29 is 9.90 Å². The van der Waals surface area contributed by atoms with Crippen molar-refractivity contribution in [2.75, 3.05) is 0 Å². The Kier molecular flexibility index (Phi) is 2.47. The summed E-state index contributed by atoms with van der Waals surface area (Å²) in [6.07, 6.45) is 8.64. The molecule has 3 heteroatoms. The van der Waals surface area contributed by atoms with Crippen LogP contribution in [0.4, 0.5) is 0 Å². The molecule has 0 radical (unpaired) electrons. The van der Waals surface area contributed by atoms with Crippen molar-refractivity contribution in [3.05, 3.63) is 0 Å². The third-order valence-electron chi connectivity index (χ3n) is 5.05. The van der Waals surface area contributed by atoms with Gasteiger partial charge in [-0.2, -0.15) is 0 Å². The van der Waals surface area contributed by atoms with Crippen molar-refractivity contribution in [2.24, 2.45) is 23.2 Å². The van der Waals surface area contributed by atoms with E-state index in [0.29, 0.717) is 11.8 Å². The van der Waals surface area contributed by atoms with Crippen LogP contribution < -0.4 is 0 Å². The van der Waals surface area contributed by atoms with E-state index in [4.69, 9.17) is 16.7 Å². The van der Waals surface area contributed by atoms with Crippen molar-refractivity contribution in [3.8, 4) is 0 Å². The van der Waals surface area contributed by atoms with Gasteiger partial charge in [0.2, 0.25) is 0 Å². The summed E-state index contributed by atoms with van der Waals surface area (Å²) >= 11 is 5.95. The van der Waals surface area contributed by atoms with Crippen molar-refractivity contribution in [2.45, 2.75) is 50.3 Å². The highest BCUT2D eigenvalue weighted by molar-refractivity contribution is 6.29. The first-order chi connectivity index (χ1) is 7.56. The molecule has 1 atom stereocenters. The number of aliphatic carboxylic acids is 1. The minimum Gasteiger partial charge on any atom is -0.480 e. The van der Waals surface area contributed by atoms with Crippen LogP contribution in [0, 0.1) is 23.2 Å². The highest BCUT2D eigenvalue weighted by Gasteiger charge is 2.51. The molecule has 16 heavy (non-hydrogen) atoms. The summed E-state index contributed by atoms with van der Waals surface area (Å²) < 4.78 is 0. The molecule has 4 aliphatic carbocycles. The number of carboxylic acid groups (broad SMARTS) is 1. The lowest BCUT2D eigenvalue weighted by molar-refractivity contribution is -0.138. The molecule has 0 amide bonds. The summed E-state index contributed by atoms with van der Waals surface area (Å²) in [7, 11) is 0. The second kappa shape index (κ2) is 3.63. The third-order valence-corrected chi connectivity index (χ3v) is 5.39. The Hall–Kier alpha value is -0.240. The summed E-state index contributed by atoms with van der Waals surface area (Å²) in [5.74, 6) is 1.80. The van der Waals surface area contributed by atoms with Crippen molar-refractivity contribution in [1.29, 1.82) is 0 Å². The van der Waals surface area contributed by atoms with Gasteiger partial charge in [-0.3, -0.25) is 4.79 Å². The Balaban J connectivity index is 1.76. The third kappa shape index (κ3) is 1.75. The molecular formula is C13H19ClO2. The van der Waals surface area contributed by atoms with E-state index in [9.17, 15) is 4.79 Å². The van der Waals surface area contributed by atoms with Crippen LogP contribution in [0.25, 0.3) is 0 Å². The van der Waals surface area contributed by atoms with E-state index in [1.54, 1.807) is 0 Å². The Bertz CT molecular complexity index is 278. The number of alkyl halides is 1. The van der Waals surface area contributed by atoms with Crippen molar-refractivity contribution in [1.82, 2.24) is 0 Å². The Labute approximate surface area is 101 Å². The fourth-order valence-corrected chi connectivity index (χ4v) is 5.33. The molecule has 0 aromatic heterocycles. The number of carboxylic acids is 1. The van der Waals surface area contributed by atoms with Gasteiger partial charge in [-0.05, 0) is 68.1 Å². The van der Waals surface area contributed by atoms with E-state index in [2.05, 4.69) is 0 Å². The summed E-state index contributed by atoms with van der Waals surface area (Å²) in [4.78, 5) is 10.9. The van der Waals surface area contributed by atoms with Crippen molar-refractivity contribution in [3.63, 3.8) is 0 Å². The molecule has 2 nitrogen and oxygen atoms in total. The molecule has 0 saturated heterocycles. The van der Waals surface area contributed by atoms with Gasteiger partial charge in [-0.1, -0.05) is 0 Å². The first-order valence-corrected chi connectivity index (χ1v) is 6.87. The van der Waals surface area contributed by atoms with Crippen LogP contribution >= 0.6 is 11.6 Å². The fraction of sp³-hybridized carbons (Fsp3) is 0.923. The van der Waals surface area contributed by atoms with Gasteiger partial charge < -0.3 is 5.11 Å². The molecule has 1 N–H and O–H groups in total. The SMILES string of the molecule is O=C(O)C(Cl)CC12CC3CC(CC(C3)C1)C2. The van der Waals surface area contributed by atoms with E-state index >= 15 is 0 Å². The predicted octanol–water partition coefficient (Wildman–Crippen LogP) is 3.28. The smallest absolute Gasteiger partial charge is 0.321 e. The molecule has 0 aliphatic heterocycles. The first-order valence-electron chi connectivity index (χ1n) is 6.43. The molecule has 0 spiro atoms. The van der Waals surface area contributed by atoms with Crippen LogP contribution in [0.3, 0.4) is 0 Å². The molecule has 4 bridgehead atoms. The highest BCUT2D eigenvalue weighted by Crippen LogP contribution is 2.61. The molecule has 4 saturated carbocycles. The van der Waals surface area contributed by atoms with Crippen LogP contribution in [0.5, 0.6) is 0 Å². The van der Waals surface area contributed by atoms with Gasteiger partial charge in [0.05, 0.1) is 0 Å². The minimum absolute atomic E-state index is 0.291. The topological polar surface area (TPSA) is 37.3 Å². The summed E-state index contributed by atoms with van der Waals surface area (Å²) in [5, 5.41) is 8.28. The lowest BCUT2D eigenvalue weighted by Gasteiger charge is -2.57. The predicted molar refractivity (Wildman–Crippen MR) is 62.5 cm³/mol. The second-order valence-corrected chi connectivity index (χ2v) is 6.95. The van der Waals surface area contributed by atoms with Gasteiger partial charge in [-0.15, -0.1) is 11.6 Å². The van der Waals surface area contributed by atoms with Crippen LogP contribution in [0.15, 0.2) is 0 Å². The van der Waals surface area contributed by atoms with Crippen LogP contribution in [-0.2, 0) is 4.79 Å². The summed E-state index contributed by atoms with van der Waals surface area (Å²) in [6, 6.07) is 0. The van der Waals surface area contributed by atoms with E-state index in [0.717, 1.165) is 17.8 Å². The minimum atomic E-state index is -0.836. The molecule has 4 rings (SSSR count). The number of hydrogen-bond acceptors (Lipinski definition) is 1. The molecule has 90 valence electrons. The van der Waals surface area contributed by atoms with E-state index in [1.165, 1.54) is 38.5 Å². The van der Waals surface area contributed by atoms with Gasteiger partial charge >= 0.3 is 5.97 Å². The molecular weight excluding hydrogens is 224 g/mol. The van der Waals surface area contributed by atoms with E-state index in [-0.39, 0.29) is 0 Å². The molecule has 4 fully saturated rings. The Morgan fingerprint density at radius 2 is 1.62 bits per heavy atom. The number of carbonyl (C=O) groups is 1. The van der Waals surface area contributed by atoms with Gasteiger partial charge in [-0.25, -0.2) is 0 Å². The molecule has 0 aromatic carbocycles. The molecule has 4 aliphatic rings. The van der Waals surface area contributed by atoms with E-state index < -0.39 is 11.3 Å². The maximum atomic E-state index is 10.9. The quantitative estimate of drug-likeness (QED) is 0.772. The average molecular weight is 243 g/mol. The Morgan fingerprint density at radius 3 is 2.00 bits per heavy atom. The van der Waals surface area contributed by atoms with Crippen LogP contribution in [0.1, 0.15) is 44.9 Å². The number of rotatable bonds is 3. The van der Waals surface area contributed by atoms with Crippen molar-refractivity contribution >= 4 is 17.6 Å². The maximum Gasteiger partial charge on any atom is 0.321 e. The Morgan fingerprint density at radius 1 is 1.19 bits per heavy atom. The zero-order valence-electron chi connectivity index (χ0n) is 9.49. The van der Waals surface area contributed by atoms with Gasteiger partial charge in [0.25, 0.3) is 0 Å². The summed E-state index contributed by atoms with van der Waals surface area (Å²) in [5.41, 5.74) is 0.291. The monoisotopic (exact) mass is 242 g/mol. The number of hydrogen-bond donors (Lipinski definition) is 1. The zero-order chi connectivity index (χ0) is 11.3. The first kappa shape index (κ1) is 10.9. The summed E-state index contributed by atoms with van der Waals surface area (Å²) in [6.45, 7) is 0. The van der Waals surface area contributed by atoms with Crippen LogP contribution in [0.2, 0.25) is 0 Å². The highest BCUT2D eigenvalue weighted by atomic mass is 35.5. The number of halogens is 1. The van der Waals surface area contributed by atoms with Crippen LogP contribution in [-0.4, -0.2) is 16.5 Å². The standard InChI is InChI=1S/C13H19ClO2/c14-11(12(15)16)7-13-4-8-1-9(5-13)3-10(2-8)6-13/h8-11H,1-7H2,(H,15,16). The van der Waals surface area contributed by atoms with Gasteiger partial charge in [0.1, 0.15) is 5.38 Å².